The molecule has 56 valence electrons. The third-order valence-corrected chi connectivity index (χ3v) is 2.35. The molecule has 0 N–H and O–H groups in total. The largest absolute Gasteiger partial charge is 0.260 e. The zero-order chi connectivity index (χ0) is 7.52. The third-order valence-electron chi connectivity index (χ3n) is 1.50. The van der Waals surface area contributed by atoms with Crippen LogP contribution in [0.4, 0.5) is 0 Å². The Bertz CT molecular complexity index is 252. The first-order chi connectivity index (χ1) is 5.47. The van der Waals surface area contributed by atoms with Crippen LogP contribution in [0, 0.1) is 0 Å². The lowest BCUT2D eigenvalue weighted by atomic mass is 10.3. The summed E-state index contributed by atoms with van der Waals surface area (Å²) in [7, 11) is 0. The third kappa shape index (κ3) is 1.40. The minimum atomic E-state index is 0.344. The standard InChI is InChI=1S/C7H7N3S/c1-2-4-8-6(3-1)7-5-9-10-11-7/h1-4,7H,5H2. The first-order valence-corrected chi connectivity index (χ1v) is 4.24. The summed E-state index contributed by atoms with van der Waals surface area (Å²) in [5.74, 6) is 0. The van der Waals surface area contributed by atoms with E-state index in [9.17, 15) is 0 Å². The molecule has 0 radical (unpaired) electrons. The van der Waals surface area contributed by atoms with Crippen LogP contribution in [0.2, 0.25) is 0 Å². The van der Waals surface area contributed by atoms with Crippen molar-refractivity contribution in [2.75, 3.05) is 6.54 Å². The van der Waals surface area contributed by atoms with Gasteiger partial charge in [0.25, 0.3) is 0 Å². The lowest BCUT2D eigenvalue weighted by Gasteiger charge is -2.02. The topological polar surface area (TPSA) is 37.6 Å². The van der Waals surface area contributed by atoms with Gasteiger partial charge in [0.15, 0.2) is 0 Å². The average Bonchev–Trinajstić information content (AvgIpc) is 2.58. The Kier molecular flexibility index (Phi) is 1.85. The average molecular weight is 165 g/mol. The van der Waals surface area contributed by atoms with Gasteiger partial charge in [-0.2, -0.15) is 5.11 Å². The van der Waals surface area contributed by atoms with E-state index in [4.69, 9.17) is 0 Å². The van der Waals surface area contributed by atoms with Crippen LogP contribution in [0.3, 0.4) is 0 Å². The van der Waals surface area contributed by atoms with Gasteiger partial charge in [-0.15, -0.1) is 4.52 Å². The quantitative estimate of drug-likeness (QED) is 0.598. The van der Waals surface area contributed by atoms with Crippen molar-refractivity contribution in [3.05, 3.63) is 30.1 Å². The van der Waals surface area contributed by atoms with Crippen molar-refractivity contribution in [1.29, 1.82) is 0 Å². The van der Waals surface area contributed by atoms with Gasteiger partial charge in [-0.05, 0) is 12.1 Å². The van der Waals surface area contributed by atoms with Gasteiger partial charge in [0.2, 0.25) is 0 Å². The van der Waals surface area contributed by atoms with E-state index in [0.717, 1.165) is 12.2 Å². The SMILES string of the molecule is c1ccc(C2CN=NS2)nc1. The second-order valence-corrected chi connectivity index (χ2v) is 3.20. The molecule has 0 amide bonds. The van der Waals surface area contributed by atoms with Gasteiger partial charge in [0, 0.05) is 18.1 Å². The molecule has 2 heterocycles. The van der Waals surface area contributed by atoms with E-state index in [-0.39, 0.29) is 0 Å². The molecule has 0 spiro atoms. The zero-order valence-electron chi connectivity index (χ0n) is 5.84. The maximum Gasteiger partial charge on any atom is 0.0919 e. The normalized spacial score (nSPS) is 22.4. The molecule has 1 unspecified atom stereocenters. The van der Waals surface area contributed by atoms with Gasteiger partial charge in [0.1, 0.15) is 0 Å². The van der Waals surface area contributed by atoms with Crippen LogP contribution in [-0.2, 0) is 0 Å². The fourth-order valence-electron chi connectivity index (χ4n) is 0.945. The van der Waals surface area contributed by atoms with E-state index in [1.807, 2.05) is 18.2 Å². The van der Waals surface area contributed by atoms with Crippen molar-refractivity contribution < 1.29 is 0 Å². The van der Waals surface area contributed by atoms with Crippen molar-refractivity contribution in [3.63, 3.8) is 0 Å². The molecular weight excluding hydrogens is 158 g/mol. The minimum Gasteiger partial charge on any atom is -0.260 e. The fourth-order valence-corrected chi connectivity index (χ4v) is 1.57. The molecule has 1 aromatic rings. The molecule has 0 bridgehead atoms. The number of hydrogen-bond donors (Lipinski definition) is 0. The molecule has 4 heteroatoms. The highest BCUT2D eigenvalue weighted by molar-refractivity contribution is 7.98. The summed E-state index contributed by atoms with van der Waals surface area (Å²) in [5.41, 5.74) is 1.07. The molecule has 0 aromatic carbocycles. The molecule has 1 atom stereocenters. The lowest BCUT2D eigenvalue weighted by molar-refractivity contribution is 0.904. The Morgan fingerprint density at radius 3 is 3.09 bits per heavy atom. The van der Waals surface area contributed by atoms with E-state index >= 15 is 0 Å². The molecule has 11 heavy (non-hydrogen) atoms. The Hall–Kier alpha value is -0.900. The molecule has 0 saturated heterocycles. The van der Waals surface area contributed by atoms with Crippen molar-refractivity contribution in [2.24, 2.45) is 9.63 Å². The van der Waals surface area contributed by atoms with E-state index in [1.54, 1.807) is 6.20 Å². The Morgan fingerprint density at radius 1 is 1.45 bits per heavy atom. The summed E-state index contributed by atoms with van der Waals surface area (Å²) >= 11 is 1.49. The lowest BCUT2D eigenvalue weighted by Crippen LogP contribution is -1.95. The summed E-state index contributed by atoms with van der Waals surface area (Å²) in [6.45, 7) is 0.766. The molecule has 0 aliphatic carbocycles. The number of hydrogen-bond acceptors (Lipinski definition) is 4. The number of nitrogens with zero attached hydrogens (tertiary/aromatic N) is 3. The second kappa shape index (κ2) is 3.00. The highest BCUT2D eigenvalue weighted by Gasteiger charge is 2.16. The van der Waals surface area contributed by atoms with Crippen LogP contribution < -0.4 is 0 Å². The molecule has 0 fully saturated rings. The molecule has 1 aliphatic heterocycles. The predicted molar refractivity (Wildman–Crippen MR) is 44.3 cm³/mol. The van der Waals surface area contributed by atoms with Gasteiger partial charge in [-0.25, -0.2) is 0 Å². The molecule has 0 saturated carbocycles. The number of aromatic nitrogens is 1. The van der Waals surface area contributed by atoms with Gasteiger partial charge in [0.05, 0.1) is 17.5 Å². The highest BCUT2D eigenvalue weighted by atomic mass is 32.2. The molecule has 3 nitrogen and oxygen atoms in total. The Morgan fingerprint density at radius 2 is 2.45 bits per heavy atom. The monoisotopic (exact) mass is 165 g/mol. The molecular formula is C7H7N3S. The van der Waals surface area contributed by atoms with E-state index in [0.29, 0.717) is 5.25 Å². The van der Waals surface area contributed by atoms with Gasteiger partial charge in [-0.1, -0.05) is 6.07 Å². The van der Waals surface area contributed by atoms with Crippen LogP contribution in [0.25, 0.3) is 0 Å². The van der Waals surface area contributed by atoms with Crippen molar-refractivity contribution in [1.82, 2.24) is 4.98 Å². The highest BCUT2D eigenvalue weighted by Crippen LogP contribution is 2.33. The van der Waals surface area contributed by atoms with Crippen LogP contribution in [-0.4, -0.2) is 11.5 Å². The minimum absolute atomic E-state index is 0.344. The first kappa shape index (κ1) is 6.79. The van der Waals surface area contributed by atoms with Crippen molar-refractivity contribution in [3.8, 4) is 0 Å². The van der Waals surface area contributed by atoms with Crippen LogP contribution >= 0.6 is 11.9 Å². The number of pyridine rings is 1. The molecule has 1 aliphatic rings. The van der Waals surface area contributed by atoms with E-state index in [1.165, 1.54) is 11.9 Å². The summed E-state index contributed by atoms with van der Waals surface area (Å²) < 4.78 is 3.84. The van der Waals surface area contributed by atoms with Gasteiger partial charge in [-0.3, -0.25) is 4.98 Å². The van der Waals surface area contributed by atoms with E-state index < -0.39 is 0 Å². The maximum atomic E-state index is 4.22. The van der Waals surface area contributed by atoms with Gasteiger partial charge < -0.3 is 0 Å². The summed E-state index contributed by atoms with van der Waals surface area (Å²) in [6.07, 6.45) is 1.80. The van der Waals surface area contributed by atoms with E-state index in [2.05, 4.69) is 14.6 Å². The summed E-state index contributed by atoms with van der Waals surface area (Å²) in [4.78, 5) is 4.22. The van der Waals surface area contributed by atoms with Crippen LogP contribution in [0.5, 0.6) is 0 Å². The Labute approximate surface area is 69.1 Å². The molecule has 1 aromatic heterocycles. The van der Waals surface area contributed by atoms with Crippen LogP contribution in [0.1, 0.15) is 10.9 Å². The number of rotatable bonds is 1. The van der Waals surface area contributed by atoms with Gasteiger partial charge >= 0.3 is 0 Å². The van der Waals surface area contributed by atoms with Crippen molar-refractivity contribution >= 4 is 11.9 Å². The zero-order valence-corrected chi connectivity index (χ0v) is 6.66. The molecule has 2 rings (SSSR count). The predicted octanol–water partition coefficient (Wildman–Crippen LogP) is 2.24. The summed E-state index contributed by atoms with van der Waals surface area (Å²) in [6, 6.07) is 5.91. The van der Waals surface area contributed by atoms with Crippen molar-refractivity contribution in [2.45, 2.75) is 5.25 Å². The maximum absolute atomic E-state index is 4.22. The first-order valence-electron chi connectivity index (χ1n) is 3.40. The Balaban J connectivity index is 2.17. The smallest absolute Gasteiger partial charge is 0.0919 e. The summed E-state index contributed by atoms with van der Waals surface area (Å²) in [5, 5.41) is 4.23. The fraction of sp³-hybridized carbons (Fsp3) is 0.286. The second-order valence-electron chi connectivity index (χ2n) is 2.25. The van der Waals surface area contributed by atoms with Crippen LogP contribution in [0.15, 0.2) is 34.0 Å².